The molecule has 1 aromatic carbocycles. The first-order chi connectivity index (χ1) is 6.59. The normalized spacial score (nSPS) is 9.86. The molecule has 0 radical (unpaired) electrons. The molecular weight excluding hydrogens is 208 g/mol. The molecule has 0 amide bonds. The van der Waals surface area contributed by atoms with Gasteiger partial charge in [-0.25, -0.2) is 8.78 Å². The molecule has 0 saturated carbocycles. The molecule has 0 bridgehead atoms. The van der Waals surface area contributed by atoms with Gasteiger partial charge in [0.15, 0.2) is 11.6 Å². The number of nitrogens with two attached hydrogens (primary N) is 1. The lowest BCUT2D eigenvalue weighted by molar-refractivity contribution is 0.311. The number of hydrogen-bond acceptors (Lipinski definition) is 2. The van der Waals surface area contributed by atoms with Crippen molar-refractivity contribution in [3.8, 4) is 5.75 Å². The molecule has 0 aliphatic heterocycles. The monoisotopic (exact) mass is 217 g/mol. The van der Waals surface area contributed by atoms with Crippen LogP contribution in [0.2, 0.25) is 0 Å². The summed E-state index contributed by atoms with van der Waals surface area (Å²) in [4.78, 5) is 0.299. The fourth-order valence-corrected chi connectivity index (χ4v) is 0.937. The van der Waals surface area contributed by atoms with E-state index in [-0.39, 0.29) is 12.4 Å². The molecule has 0 aliphatic carbocycles. The quantitative estimate of drug-likeness (QED) is 0.784. The maximum absolute atomic E-state index is 12.9. The summed E-state index contributed by atoms with van der Waals surface area (Å²) in [5.74, 6) is -1.36. The van der Waals surface area contributed by atoms with Crippen molar-refractivity contribution in [1.29, 1.82) is 0 Å². The number of halogens is 2. The average Bonchev–Trinajstić information content (AvgIpc) is 2.08. The number of hydrogen-bond donors (Lipinski definition) is 1. The first-order valence-corrected chi connectivity index (χ1v) is 4.36. The van der Waals surface area contributed by atoms with E-state index in [2.05, 4.69) is 12.2 Å². The summed E-state index contributed by atoms with van der Waals surface area (Å²) in [6.45, 7) is 0.192. The molecule has 0 spiro atoms. The Bertz CT molecular complexity index is 344. The SMILES string of the molecule is NC(=S)CCOc1ccc(F)cc1F. The summed E-state index contributed by atoms with van der Waals surface area (Å²) >= 11 is 4.61. The largest absolute Gasteiger partial charge is 0.490 e. The molecular formula is C9H9F2NOS. The van der Waals surface area contributed by atoms with E-state index in [9.17, 15) is 8.78 Å². The van der Waals surface area contributed by atoms with Crippen LogP contribution in [0.15, 0.2) is 18.2 Å². The van der Waals surface area contributed by atoms with Gasteiger partial charge < -0.3 is 10.5 Å². The molecule has 0 atom stereocenters. The fourth-order valence-electron chi connectivity index (χ4n) is 0.854. The Balaban J connectivity index is 2.55. The van der Waals surface area contributed by atoms with Crippen molar-refractivity contribution in [3.05, 3.63) is 29.8 Å². The van der Waals surface area contributed by atoms with Crippen LogP contribution >= 0.6 is 12.2 Å². The second kappa shape index (κ2) is 4.85. The van der Waals surface area contributed by atoms with Crippen molar-refractivity contribution in [2.24, 2.45) is 5.73 Å². The number of ether oxygens (including phenoxy) is 1. The molecule has 14 heavy (non-hydrogen) atoms. The average molecular weight is 217 g/mol. The van der Waals surface area contributed by atoms with E-state index in [1.807, 2.05) is 0 Å². The molecule has 0 saturated heterocycles. The van der Waals surface area contributed by atoms with Crippen molar-refractivity contribution in [2.45, 2.75) is 6.42 Å². The van der Waals surface area contributed by atoms with E-state index >= 15 is 0 Å². The predicted molar refractivity (Wildman–Crippen MR) is 53.3 cm³/mol. The van der Waals surface area contributed by atoms with E-state index in [4.69, 9.17) is 10.5 Å². The molecule has 76 valence electrons. The Morgan fingerprint density at radius 3 is 2.71 bits per heavy atom. The minimum absolute atomic E-state index is 0.00245. The number of rotatable bonds is 4. The summed E-state index contributed by atoms with van der Waals surface area (Å²) in [6.07, 6.45) is 0.367. The minimum atomic E-state index is -0.729. The van der Waals surface area contributed by atoms with Gasteiger partial charge in [-0.3, -0.25) is 0 Å². The maximum Gasteiger partial charge on any atom is 0.167 e. The van der Waals surface area contributed by atoms with E-state index in [1.165, 1.54) is 6.07 Å². The van der Waals surface area contributed by atoms with Crippen LogP contribution in [0.1, 0.15) is 6.42 Å². The predicted octanol–water partition coefficient (Wildman–Crippen LogP) is 2.02. The minimum Gasteiger partial charge on any atom is -0.490 e. The third-order valence-electron chi connectivity index (χ3n) is 1.50. The van der Waals surface area contributed by atoms with Crippen LogP contribution in [0.25, 0.3) is 0 Å². The number of benzene rings is 1. The van der Waals surface area contributed by atoms with Gasteiger partial charge in [0.2, 0.25) is 0 Å². The van der Waals surface area contributed by atoms with Gasteiger partial charge in [0.1, 0.15) is 5.82 Å². The molecule has 1 rings (SSSR count). The van der Waals surface area contributed by atoms with Crippen molar-refractivity contribution >= 4 is 17.2 Å². The van der Waals surface area contributed by atoms with Gasteiger partial charge in [-0.15, -0.1) is 0 Å². The maximum atomic E-state index is 12.9. The van der Waals surface area contributed by atoms with Crippen molar-refractivity contribution < 1.29 is 13.5 Å². The van der Waals surface area contributed by atoms with Crippen molar-refractivity contribution in [1.82, 2.24) is 0 Å². The lowest BCUT2D eigenvalue weighted by atomic mass is 10.3. The van der Waals surface area contributed by atoms with Gasteiger partial charge in [0.05, 0.1) is 11.6 Å². The van der Waals surface area contributed by atoms with E-state index in [0.29, 0.717) is 11.4 Å². The van der Waals surface area contributed by atoms with Crippen LogP contribution < -0.4 is 10.5 Å². The van der Waals surface area contributed by atoms with Gasteiger partial charge in [-0.2, -0.15) is 0 Å². The zero-order chi connectivity index (χ0) is 10.6. The summed E-state index contributed by atoms with van der Waals surface area (Å²) in [6, 6.07) is 3.11. The van der Waals surface area contributed by atoms with Gasteiger partial charge >= 0.3 is 0 Å². The van der Waals surface area contributed by atoms with Crippen LogP contribution in [0.5, 0.6) is 5.75 Å². The van der Waals surface area contributed by atoms with Crippen molar-refractivity contribution in [3.63, 3.8) is 0 Å². The Kier molecular flexibility index (Phi) is 3.76. The van der Waals surface area contributed by atoms with Crippen LogP contribution in [0.3, 0.4) is 0 Å². The van der Waals surface area contributed by atoms with Crippen molar-refractivity contribution in [2.75, 3.05) is 6.61 Å². The third kappa shape index (κ3) is 3.26. The van der Waals surface area contributed by atoms with Crippen LogP contribution in [-0.4, -0.2) is 11.6 Å². The van der Waals surface area contributed by atoms with Gasteiger partial charge in [-0.05, 0) is 12.1 Å². The highest BCUT2D eigenvalue weighted by Gasteiger charge is 2.04. The molecule has 2 nitrogen and oxygen atoms in total. The summed E-state index contributed by atoms with van der Waals surface area (Å²) in [7, 11) is 0. The topological polar surface area (TPSA) is 35.2 Å². The van der Waals surface area contributed by atoms with Gasteiger partial charge in [0, 0.05) is 12.5 Å². The third-order valence-corrected chi connectivity index (χ3v) is 1.70. The van der Waals surface area contributed by atoms with Gasteiger partial charge in [0.25, 0.3) is 0 Å². The highest BCUT2D eigenvalue weighted by atomic mass is 32.1. The van der Waals surface area contributed by atoms with Crippen LogP contribution in [0.4, 0.5) is 8.78 Å². The fraction of sp³-hybridized carbons (Fsp3) is 0.222. The molecule has 2 N–H and O–H groups in total. The number of thiocarbonyl (C=S) groups is 1. The summed E-state index contributed by atoms with van der Waals surface area (Å²) in [5, 5.41) is 0. The lowest BCUT2D eigenvalue weighted by Gasteiger charge is -2.05. The second-order valence-corrected chi connectivity index (χ2v) is 3.16. The zero-order valence-corrected chi connectivity index (χ0v) is 8.11. The Hall–Kier alpha value is -1.23. The standard InChI is InChI=1S/C9H9F2NOS/c10-6-1-2-8(7(11)5-6)13-4-3-9(12)14/h1-2,5H,3-4H2,(H2,12,14). The first-order valence-electron chi connectivity index (χ1n) is 3.96. The highest BCUT2D eigenvalue weighted by molar-refractivity contribution is 7.80. The summed E-state index contributed by atoms with van der Waals surface area (Å²) in [5.41, 5.74) is 5.22. The molecule has 0 aromatic heterocycles. The molecule has 5 heteroatoms. The molecule has 0 fully saturated rings. The summed E-state index contributed by atoms with van der Waals surface area (Å²) < 4.78 is 30.4. The second-order valence-electron chi connectivity index (χ2n) is 2.64. The van der Waals surface area contributed by atoms with E-state index in [0.717, 1.165) is 12.1 Å². The highest BCUT2D eigenvalue weighted by Crippen LogP contribution is 2.17. The first kappa shape index (κ1) is 10.8. The zero-order valence-electron chi connectivity index (χ0n) is 7.30. The molecule has 0 aliphatic rings. The van der Waals surface area contributed by atoms with Gasteiger partial charge in [-0.1, -0.05) is 12.2 Å². The molecule has 1 aromatic rings. The van der Waals surface area contributed by atoms with Crippen LogP contribution in [-0.2, 0) is 0 Å². The Morgan fingerprint density at radius 1 is 1.43 bits per heavy atom. The molecule has 0 heterocycles. The lowest BCUT2D eigenvalue weighted by Crippen LogP contribution is -2.12. The van der Waals surface area contributed by atoms with E-state index < -0.39 is 11.6 Å². The van der Waals surface area contributed by atoms with E-state index in [1.54, 1.807) is 0 Å². The smallest absolute Gasteiger partial charge is 0.167 e. The van der Waals surface area contributed by atoms with Crippen LogP contribution in [0, 0.1) is 11.6 Å². The Labute approximate surface area is 85.7 Å². The Morgan fingerprint density at radius 2 is 2.14 bits per heavy atom. The molecule has 0 unspecified atom stereocenters.